The zero-order valence-electron chi connectivity index (χ0n) is 11.6. The van der Waals surface area contributed by atoms with Crippen molar-refractivity contribution in [2.24, 2.45) is 0 Å². The van der Waals surface area contributed by atoms with Gasteiger partial charge in [-0.2, -0.15) is 0 Å². The number of carbonyl (C=O) groups excluding carboxylic acids is 2. The minimum Gasteiger partial charge on any atom is -0.394 e. The van der Waals surface area contributed by atoms with Crippen LogP contribution in [0.15, 0.2) is 28.7 Å². The van der Waals surface area contributed by atoms with Crippen LogP contribution < -0.4 is 10.6 Å². The van der Waals surface area contributed by atoms with Gasteiger partial charge in [0.2, 0.25) is 5.91 Å². The Morgan fingerprint density at radius 2 is 2.00 bits per heavy atom. The highest BCUT2D eigenvalue weighted by atomic mass is 79.9. The van der Waals surface area contributed by atoms with Crippen LogP contribution in [0.1, 0.15) is 30.6 Å². The number of rotatable bonds is 6. The summed E-state index contributed by atoms with van der Waals surface area (Å²) in [6.45, 7) is 3.35. The summed E-state index contributed by atoms with van der Waals surface area (Å²) in [4.78, 5) is 23.7. The zero-order valence-corrected chi connectivity index (χ0v) is 13.2. The number of aliphatic hydroxyl groups is 1. The number of halogens is 1. The largest absolute Gasteiger partial charge is 0.394 e. The van der Waals surface area contributed by atoms with Crippen molar-refractivity contribution in [3.8, 4) is 0 Å². The van der Waals surface area contributed by atoms with Gasteiger partial charge in [-0.1, -0.05) is 19.1 Å². The Kier molecular flexibility index (Phi) is 6.16. The fourth-order valence-electron chi connectivity index (χ4n) is 1.52. The average Bonchev–Trinajstić information content (AvgIpc) is 2.45. The predicted octanol–water partition coefficient (Wildman–Crippen LogP) is 1.46. The lowest BCUT2D eigenvalue weighted by atomic mass is 10.0. The Morgan fingerprint density at radius 1 is 1.35 bits per heavy atom. The van der Waals surface area contributed by atoms with Crippen molar-refractivity contribution in [2.75, 3.05) is 13.2 Å². The monoisotopic (exact) mass is 342 g/mol. The second-order valence-electron chi connectivity index (χ2n) is 4.78. The van der Waals surface area contributed by atoms with Gasteiger partial charge in [-0.15, -0.1) is 0 Å². The molecule has 0 aliphatic carbocycles. The number of hydrogen-bond acceptors (Lipinski definition) is 3. The van der Waals surface area contributed by atoms with Gasteiger partial charge in [0.05, 0.1) is 24.3 Å². The molecule has 0 heterocycles. The van der Waals surface area contributed by atoms with Crippen molar-refractivity contribution in [1.29, 1.82) is 0 Å². The molecule has 3 N–H and O–H groups in total. The smallest absolute Gasteiger partial charge is 0.252 e. The van der Waals surface area contributed by atoms with Crippen molar-refractivity contribution in [3.63, 3.8) is 0 Å². The van der Waals surface area contributed by atoms with E-state index < -0.39 is 5.54 Å². The number of hydrogen-bond donors (Lipinski definition) is 3. The van der Waals surface area contributed by atoms with Gasteiger partial charge in [0, 0.05) is 4.47 Å². The van der Waals surface area contributed by atoms with Crippen molar-refractivity contribution < 1.29 is 14.7 Å². The number of amides is 2. The molecule has 110 valence electrons. The third kappa shape index (κ3) is 4.61. The number of aliphatic hydroxyl groups excluding tert-OH is 1. The quantitative estimate of drug-likeness (QED) is 0.732. The van der Waals surface area contributed by atoms with Crippen LogP contribution in [0.5, 0.6) is 0 Å². The van der Waals surface area contributed by atoms with Crippen LogP contribution in [0.25, 0.3) is 0 Å². The molecule has 1 unspecified atom stereocenters. The van der Waals surface area contributed by atoms with E-state index in [0.29, 0.717) is 16.5 Å². The first-order valence-electron chi connectivity index (χ1n) is 6.36. The molecule has 0 bridgehead atoms. The minimum absolute atomic E-state index is 0.129. The number of carbonyl (C=O) groups is 2. The molecule has 0 aromatic heterocycles. The van der Waals surface area contributed by atoms with Crippen LogP contribution in [-0.4, -0.2) is 35.6 Å². The van der Waals surface area contributed by atoms with Crippen LogP contribution >= 0.6 is 15.9 Å². The van der Waals surface area contributed by atoms with Crippen molar-refractivity contribution in [2.45, 2.75) is 25.8 Å². The van der Waals surface area contributed by atoms with Crippen LogP contribution in [0.2, 0.25) is 0 Å². The first kappa shape index (κ1) is 16.7. The molecule has 0 aliphatic heterocycles. The second-order valence-corrected chi connectivity index (χ2v) is 5.64. The average molecular weight is 343 g/mol. The summed E-state index contributed by atoms with van der Waals surface area (Å²) in [7, 11) is 0. The summed E-state index contributed by atoms with van der Waals surface area (Å²) in [5.41, 5.74) is -0.185. The molecular formula is C14H19BrN2O3. The predicted molar refractivity (Wildman–Crippen MR) is 80.4 cm³/mol. The highest BCUT2D eigenvalue weighted by molar-refractivity contribution is 9.10. The standard InChI is InChI=1S/C14H19BrN2O3/c1-3-14(2,9-18)17-12(19)8-16-13(20)10-6-4-5-7-11(10)15/h4-7,18H,3,8-9H2,1-2H3,(H,16,20)(H,17,19). The fourth-order valence-corrected chi connectivity index (χ4v) is 1.99. The molecule has 1 aromatic rings. The van der Waals surface area contributed by atoms with E-state index in [1.54, 1.807) is 25.1 Å². The van der Waals surface area contributed by atoms with E-state index in [1.165, 1.54) is 0 Å². The van der Waals surface area contributed by atoms with Crippen LogP contribution in [0.3, 0.4) is 0 Å². The number of benzene rings is 1. The maximum atomic E-state index is 11.9. The van der Waals surface area contributed by atoms with E-state index >= 15 is 0 Å². The molecule has 1 aromatic carbocycles. The molecule has 20 heavy (non-hydrogen) atoms. The van der Waals surface area contributed by atoms with E-state index in [2.05, 4.69) is 26.6 Å². The van der Waals surface area contributed by atoms with Crippen molar-refractivity contribution in [1.82, 2.24) is 10.6 Å². The lowest BCUT2D eigenvalue weighted by Gasteiger charge is -2.27. The molecule has 0 radical (unpaired) electrons. The molecule has 0 fully saturated rings. The molecule has 1 atom stereocenters. The van der Waals surface area contributed by atoms with Crippen LogP contribution in [-0.2, 0) is 4.79 Å². The zero-order chi connectivity index (χ0) is 15.2. The highest BCUT2D eigenvalue weighted by Crippen LogP contribution is 2.15. The normalized spacial score (nSPS) is 13.4. The van der Waals surface area contributed by atoms with Gasteiger partial charge in [0.1, 0.15) is 0 Å². The van der Waals surface area contributed by atoms with Gasteiger partial charge in [0.15, 0.2) is 0 Å². The summed E-state index contributed by atoms with van der Waals surface area (Å²) in [6, 6.07) is 6.98. The molecular weight excluding hydrogens is 324 g/mol. The van der Waals surface area contributed by atoms with Gasteiger partial charge < -0.3 is 15.7 Å². The maximum Gasteiger partial charge on any atom is 0.252 e. The molecule has 5 nitrogen and oxygen atoms in total. The molecule has 2 amide bonds. The number of nitrogens with one attached hydrogen (secondary N) is 2. The summed E-state index contributed by atoms with van der Waals surface area (Å²) in [5.74, 6) is -0.654. The topological polar surface area (TPSA) is 78.4 Å². The molecule has 0 aliphatic rings. The second kappa shape index (κ2) is 7.40. The van der Waals surface area contributed by atoms with Crippen LogP contribution in [0.4, 0.5) is 0 Å². The summed E-state index contributed by atoms with van der Waals surface area (Å²) in [5, 5.41) is 14.5. The van der Waals surface area contributed by atoms with E-state index in [4.69, 9.17) is 0 Å². The summed E-state index contributed by atoms with van der Waals surface area (Å²) >= 11 is 3.28. The first-order chi connectivity index (χ1) is 9.41. The highest BCUT2D eigenvalue weighted by Gasteiger charge is 2.23. The van der Waals surface area contributed by atoms with Crippen LogP contribution in [0, 0.1) is 0 Å². The molecule has 0 saturated heterocycles. The molecule has 1 rings (SSSR count). The van der Waals surface area contributed by atoms with E-state index in [0.717, 1.165) is 0 Å². The Hall–Kier alpha value is -1.40. The SMILES string of the molecule is CCC(C)(CO)NC(=O)CNC(=O)c1ccccc1Br. The maximum absolute atomic E-state index is 11.9. The lowest BCUT2D eigenvalue weighted by Crippen LogP contribution is -2.51. The lowest BCUT2D eigenvalue weighted by molar-refractivity contribution is -0.122. The van der Waals surface area contributed by atoms with Gasteiger partial charge in [0.25, 0.3) is 5.91 Å². The first-order valence-corrected chi connectivity index (χ1v) is 7.16. The van der Waals surface area contributed by atoms with Gasteiger partial charge in [-0.05, 0) is 41.4 Å². The van der Waals surface area contributed by atoms with E-state index in [9.17, 15) is 14.7 Å². The Balaban J connectivity index is 2.54. The van der Waals surface area contributed by atoms with Crippen molar-refractivity contribution in [3.05, 3.63) is 34.3 Å². The molecule has 0 spiro atoms. The van der Waals surface area contributed by atoms with Gasteiger partial charge >= 0.3 is 0 Å². The minimum atomic E-state index is -0.658. The summed E-state index contributed by atoms with van der Waals surface area (Å²) in [6.07, 6.45) is 0.605. The molecule has 6 heteroatoms. The van der Waals surface area contributed by atoms with Gasteiger partial charge in [-0.3, -0.25) is 9.59 Å². The third-order valence-electron chi connectivity index (χ3n) is 3.10. The van der Waals surface area contributed by atoms with E-state index in [-0.39, 0.29) is 25.0 Å². The fraction of sp³-hybridized carbons (Fsp3) is 0.429. The Labute approximate surface area is 126 Å². The van der Waals surface area contributed by atoms with E-state index in [1.807, 2.05) is 13.0 Å². The Bertz CT molecular complexity index is 487. The third-order valence-corrected chi connectivity index (χ3v) is 3.79. The van der Waals surface area contributed by atoms with Crippen molar-refractivity contribution >= 4 is 27.7 Å². The Morgan fingerprint density at radius 3 is 2.55 bits per heavy atom. The summed E-state index contributed by atoms with van der Waals surface area (Å²) < 4.78 is 0.673. The molecule has 0 saturated carbocycles. The van der Waals surface area contributed by atoms with Gasteiger partial charge in [-0.25, -0.2) is 0 Å².